The van der Waals surface area contributed by atoms with Crippen molar-refractivity contribution in [2.45, 2.75) is 12.6 Å². The zero-order valence-electron chi connectivity index (χ0n) is 5.76. The van der Waals surface area contributed by atoms with Crippen LogP contribution >= 0.6 is 12.2 Å². The molecule has 1 atom stereocenters. The van der Waals surface area contributed by atoms with Crippen molar-refractivity contribution in [2.75, 3.05) is 19.6 Å². The van der Waals surface area contributed by atoms with E-state index in [0.29, 0.717) is 6.17 Å². The topological polar surface area (TPSA) is 27.3 Å². The van der Waals surface area contributed by atoms with Crippen molar-refractivity contribution < 1.29 is 0 Å². The lowest BCUT2D eigenvalue weighted by Crippen LogP contribution is -2.51. The Kier molecular flexibility index (Phi) is 1.50. The SMILES string of the molecule is S=C1NCCC2NCCN12. The molecule has 0 saturated carbocycles. The maximum Gasteiger partial charge on any atom is 0.170 e. The van der Waals surface area contributed by atoms with Gasteiger partial charge in [-0.25, -0.2) is 0 Å². The molecule has 0 amide bonds. The van der Waals surface area contributed by atoms with Gasteiger partial charge in [0.1, 0.15) is 0 Å². The van der Waals surface area contributed by atoms with Gasteiger partial charge in [0, 0.05) is 19.6 Å². The summed E-state index contributed by atoms with van der Waals surface area (Å²) in [5.41, 5.74) is 0. The molecule has 0 aromatic carbocycles. The van der Waals surface area contributed by atoms with E-state index >= 15 is 0 Å². The predicted octanol–water partition coefficient (Wildman–Crippen LogP) is -0.504. The Hall–Kier alpha value is -0.350. The fraction of sp³-hybridized carbons (Fsp3) is 0.833. The average molecular weight is 157 g/mol. The minimum Gasteiger partial charge on any atom is -0.362 e. The maximum absolute atomic E-state index is 5.12. The van der Waals surface area contributed by atoms with E-state index in [1.54, 1.807) is 0 Å². The van der Waals surface area contributed by atoms with Gasteiger partial charge in [0.15, 0.2) is 5.11 Å². The monoisotopic (exact) mass is 157 g/mol. The van der Waals surface area contributed by atoms with Gasteiger partial charge in [-0.15, -0.1) is 0 Å². The van der Waals surface area contributed by atoms with E-state index in [-0.39, 0.29) is 0 Å². The van der Waals surface area contributed by atoms with E-state index < -0.39 is 0 Å². The van der Waals surface area contributed by atoms with Crippen molar-refractivity contribution in [3.05, 3.63) is 0 Å². The molecule has 10 heavy (non-hydrogen) atoms. The lowest BCUT2D eigenvalue weighted by Gasteiger charge is -2.31. The van der Waals surface area contributed by atoms with Crippen molar-refractivity contribution in [1.82, 2.24) is 15.5 Å². The van der Waals surface area contributed by atoms with Crippen LogP contribution in [0.25, 0.3) is 0 Å². The van der Waals surface area contributed by atoms with Gasteiger partial charge in [0.05, 0.1) is 6.17 Å². The Morgan fingerprint density at radius 1 is 1.50 bits per heavy atom. The summed E-state index contributed by atoms with van der Waals surface area (Å²) < 4.78 is 0. The highest BCUT2D eigenvalue weighted by Gasteiger charge is 2.28. The molecule has 0 spiro atoms. The molecule has 0 aliphatic carbocycles. The number of hydrogen-bond acceptors (Lipinski definition) is 2. The lowest BCUT2D eigenvalue weighted by atomic mass is 10.3. The summed E-state index contributed by atoms with van der Waals surface area (Å²) in [6, 6.07) is 0. The third kappa shape index (κ3) is 0.876. The molecule has 4 heteroatoms. The Labute approximate surface area is 65.8 Å². The Balaban J connectivity index is 2.10. The van der Waals surface area contributed by atoms with Crippen LogP contribution in [0.5, 0.6) is 0 Å². The number of nitrogens with zero attached hydrogens (tertiary/aromatic N) is 1. The fourth-order valence-corrected chi connectivity index (χ4v) is 1.86. The van der Waals surface area contributed by atoms with Crippen LogP contribution in [0.4, 0.5) is 0 Å². The number of rotatable bonds is 0. The van der Waals surface area contributed by atoms with E-state index in [0.717, 1.165) is 24.7 Å². The van der Waals surface area contributed by atoms with Gasteiger partial charge in [-0.1, -0.05) is 0 Å². The van der Waals surface area contributed by atoms with Crippen LogP contribution in [0.3, 0.4) is 0 Å². The molecule has 0 aromatic heterocycles. The first-order valence-corrected chi connectivity index (χ1v) is 4.06. The maximum atomic E-state index is 5.12. The van der Waals surface area contributed by atoms with E-state index in [4.69, 9.17) is 12.2 Å². The lowest BCUT2D eigenvalue weighted by molar-refractivity contribution is 0.315. The molecule has 2 aliphatic rings. The van der Waals surface area contributed by atoms with Crippen LogP contribution in [-0.4, -0.2) is 35.8 Å². The second-order valence-corrected chi connectivity index (χ2v) is 3.07. The van der Waals surface area contributed by atoms with E-state index in [9.17, 15) is 0 Å². The normalized spacial score (nSPS) is 31.8. The summed E-state index contributed by atoms with van der Waals surface area (Å²) >= 11 is 5.12. The number of hydrogen-bond donors (Lipinski definition) is 2. The van der Waals surface area contributed by atoms with Gasteiger partial charge in [0.2, 0.25) is 0 Å². The summed E-state index contributed by atoms with van der Waals surface area (Å²) in [6.45, 7) is 3.16. The van der Waals surface area contributed by atoms with Gasteiger partial charge in [-0.05, 0) is 18.6 Å². The van der Waals surface area contributed by atoms with Crippen molar-refractivity contribution >= 4 is 17.3 Å². The second-order valence-electron chi connectivity index (χ2n) is 2.68. The summed E-state index contributed by atoms with van der Waals surface area (Å²) in [6.07, 6.45) is 1.69. The molecular formula is C6H11N3S. The van der Waals surface area contributed by atoms with Gasteiger partial charge >= 0.3 is 0 Å². The van der Waals surface area contributed by atoms with E-state index in [1.165, 1.54) is 6.42 Å². The summed E-state index contributed by atoms with van der Waals surface area (Å²) in [5.74, 6) is 0. The Morgan fingerprint density at radius 3 is 3.20 bits per heavy atom. The van der Waals surface area contributed by atoms with Crippen molar-refractivity contribution in [3.8, 4) is 0 Å². The van der Waals surface area contributed by atoms with Crippen LogP contribution in [0.1, 0.15) is 6.42 Å². The van der Waals surface area contributed by atoms with Crippen LogP contribution < -0.4 is 10.6 Å². The fourth-order valence-electron chi connectivity index (χ4n) is 1.54. The third-order valence-corrected chi connectivity index (χ3v) is 2.44. The number of thiocarbonyl (C=S) groups is 1. The quantitative estimate of drug-likeness (QED) is 0.463. The molecule has 2 fully saturated rings. The van der Waals surface area contributed by atoms with Crippen LogP contribution in [0, 0.1) is 0 Å². The van der Waals surface area contributed by atoms with Gasteiger partial charge in [-0.2, -0.15) is 0 Å². The molecule has 0 bridgehead atoms. The average Bonchev–Trinajstić information content (AvgIpc) is 2.36. The molecule has 56 valence electrons. The molecule has 2 aliphatic heterocycles. The van der Waals surface area contributed by atoms with E-state index in [2.05, 4.69) is 15.5 Å². The Bertz CT molecular complexity index is 159. The minimum atomic E-state index is 0.522. The zero-order valence-corrected chi connectivity index (χ0v) is 6.58. The van der Waals surface area contributed by atoms with Crippen molar-refractivity contribution in [2.24, 2.45) is 0 Å². The summed E-state index contributed by atoms with van der Waals surface area (Å²) in [7, 11) is 0. The number of nitrogens with one attached hydrogen (secondary N) is 2. The minimum absolute atomic E-state index is 0.522. The van der Waals surface area contributed by atoms with Crippen LogP contribution in [-0.2, 0) is 0 Å². The molecule has 2 rings (SSSR count). The summed E-state index contributed by atoms with van der Waals surface area (Å²) in [4.78, 5) is 2.22. The predicted molar refractivity (Wildman–Crippen MR) is 43.7 cm³/mol. The third-order valence-electron chi connectivity index (χ3n) is 2.06. The molecule has 2 heterocycles. The first kappa shape index (κ1) is 6.37. The van der Waals surface area contributed by atoms with Crippen molar-refractivity contribution in [1.29, 1.82) is 0 Å². The molecule has 3 nitrogen and oxygen atoms in total. The van der Waals surface area contributed by atoms with Gasteiger partial charge < -0.3 is 10.2 Å². The Morgan fingerprint density at radius 2 is 2.40 bits per heavy atom. The van der Waals surface area contributed by atoms with Crippen LogP contribution in [0.15, 0.2) is 0 Å². The van der Waals surface area contributed by atoms with Gasteiger partial charge in [-0.3, -0.25) is 5.32 Å². The second kappa shape index (κ2) is 2.36. The number of fused-ring (bicyclic) bond motifs is 1. The highest BCUT2D eigenvalue weighted by Crippen LogP contribution is 2.10. The van der Waals surface area contributed by atoms with Gasteiger partial charge in [0.25, 0.3) is 0 Å². The molecule has 2 saturated heterocycles. The summed E-state index contributed by atoms with van der Waals surface area (Å²) in [5, 5.41) is 7.48. The standard InChI is InChI=1S/C6H11N3S/c10-6-8-2-1-5-7-3-4-9(5)6/h5,7H,1-4H2,(H,8,10). The van der Waals surface area contributed by atoms with Crippen molar-refractivity contribution in [3.63, 3.8) is 0 Å². The largest absolute Gasteiger partial charge is 0.362 e. The molecule has 0 aromatic rings. The van der Waals surface area contributed by atoms with E-state index in [1.807, 2.05) is 0 Å². The molecule has 2 N–H and O–H groups in total. The molecular weight excluding hydrogens is 146 g/mol. The highest BCUT2D eigenvalue weighted by atomic mass is 32.1. The van der Waals surface area contributed by atoms with Crippen LogP contribution in [0.2, 0.25) is 0 Å². The molecule has 0 radical (unpaired) electrons. The smallest absolute Gasteiger partial charge is 0.170 e. The zero-order chi connectivity index (χ0) is 6.97. The first-order valence-electron chi connectivity index (χ1n) is 3.66. The highest BCUT2D eigenvalue weighted by molar-refractivity contribution is 7.80. The first-order chi connectivity index (χ1) is 4.88. The molecule has 1 unspecified atom stereocenters.